The summed E-state index contributed by atoms with van der Waals surface area (Å²) in [5.74, 6) is -0.425. The first-order chi connectivity index (χ1) is 6.57. The molecule has 1 N–H and O–H groups in total. The molecule has 0 aromatic rings. The van der Waals surface area contributed by atoms with Gasteiger partial charge >= 0.3 is 5.97 Å². The lowest BCUT2D eigenvalue weighted by Crippen LogP contribution is -2.00. The Balaban J connectivity index is 3.72. The average Bonchev–Trinajstić information content (AvgIpc) is 2.11. The van der Waals surface area contributed by atoms with Gasteiger partial charge in [-0.1, -0.05) is 45.1 Å². The standard InChI is InChI=1S/C12H22O2/c1-4-5-6-7-8-10(2)11(3)9-12(13)14/h9-10H,4-8H2,1-3H3,(H,13,14)/b11-9+. The molecule has 0 amide bonds. The van der Waals surface area contributed by atoms with Crippen LogP contribution in [0.25, 0.3) is 0 Å². The van der Waals surface area contributed by atoms with Crippen molar-refractivity contribution in [3.05, 3.63) is 11.6 Å². The van der Waals surface area contributed by atoms with E-state index in [1.165, 1.54) is 31.8 Å². The fourth-order valence-corrected chi connectivity index (χ4v) is 1.44. The minimum Gasteiger partial charge on any atom is -0.478 e. The van der Waals surface area contributed by atoms with Crippen LogP contribution in [-0.2, 0) is 4.79 Å². The normalized spacial score (nSPS) is 14.1. The highest BCUT2D eigenvalue weighted by Crippen LogP contribution is 2.17. The summed E-state index contributed by atoms with van der Waals surface area (Å²) in [5, 5.41) is 8.57. The van der Waals surface area contributed by atoms with Crippen LogP contribution in [-0.4, -0.2) is 11.1 Å². The minimum atomic E-state index is -0.831. The molecule has 0 aliphatic heterocycles. The summed E-state index contributed by atoms with van der Waals surface area (Å²) in [6, 6.07) is 0. The van der Waals surface area contributed by atoms with E-state index in [-0.39, 0.29) is 0 Å². The third kappa shape index (κ3) is 6.70. The van der Waals surface area contributed by atoms with E-state index in [0.717, 1.165) is 12.0 Å². The number of carboxylic acids is 1. The van der Waals surface area contributed by atoms with Gasteiger partial charge in [0.05, 0.1) is 0 Å². The summed E-state index contributed by atoms with van der Waals surface area (Å²) in [6.07, 6.45) is 7.44. The van der Waals surface area contributed by atoms with Crippen molar-refractivity contribution in [2.45, 2.75) is 52.9 Å². The van der Waals surface area contributed by atoms with Gasteiger partial charge in [0.15, 0.2) is 0 Å². The zero-order valence-corrected chi connectivity index (χ0v) is 9.55. The van der Waals surface area contributed by atoms with E-state index >= 15 is 0 Å². The first-order valence-electron chi connectivity index (χ1n) is 5.49. The van der Waals surface area contributed by atoms with Crippen LogP contribution in [0.15, 0.2) is 11.6 Å². The van der Waals surface area contributed by atoms with Crippen LogP contribution in [0.1, 0.15) is 52.9 Å². The maximum atomic E-state index is 10.4. The molecule has 0 aromatic heterocycles. The lowest BCUT2D eigenvalue weighted by molar-refractivity contribution is -0.131. The summed E-state index contributed by atoms with van der Waals surface area (Å²) in [6.45, 7) is 6.19. The fraction of sp³-hybridized carbons (Fsp3) is 0.750. The highest BCUT2D eigenvalue weighted by Gasteiger charge is 2.05. The summed E-state index contributed by atoms with van der Waals surface area (Å²) < 4.78 is 0. The Labute approximate surface area is 87.0 Å². The second-order valence-electron chi connectivity index (χ2n) is 3.98. The molecule has 0 rings (SSSR count). The number of hydrogen-bond acceptors (Lipinski definition) is 1. The molecule has 0 spiro atoms. The molecule has 0 saturated carbocycles. The first kappa shape index (κ1) is 13.2. The summed E-state index contributed by atoms with van der Waals surface area (Å²) in [7, 11) is 0. The molecule has 0 saturated heterocycles. The van der Waals surface area contributed by atoms with Crippen molar-refractivity contribution >= 4 is 5.97 Å². The van der Waals surface area contributed by atoms with Gasteiger partial charge < -0.3 is 5.11 Å². The van der Waals surface area contributed by atoms with Gasteiger partial charge in [0.1, 0.15) is 0 Å². The Morgan fingerprint density at radius 2 is 2.00 bits per heavy atom. The van der Waals surface area contributed by atoms with Crippen LogP contribution in [0.4, 0.5) is 0 Å². The summed E-state index contributed by atoms with van der Waals surface area (Å²) >= 11 is 0. The predicted molar refractivity (Wildman–Crippen MR) is 59.3 cm³/mol. The van der Waals surface area contributed by atoms with Gasteiger partial charge in [0.2, 0.25) is 0 Å². The molecule has 82 valence electrons. The first-order valence-corrected chi connectivity index (χ1v) is 5.49. The maximum Gasteiger partial charge on any atom is 0.328 e. The Bertz CT molecular complexity index is 194. The van der Waals surface area contributed by atoms with E-state index < -0.39 is 5.97 Å². The van der Waals surface area contributed by atoms with Crippen molar-refractivity contribution in [1.29, 1.82) is 0 Å². The van der Waals surface area contributed by atoms with Crippen molar-refractivity contribution in [3.8, 4) is 0 Å². The molecule has 1 unspecified atom stereocenters. The topological polar surface area (TPSA) is 37.3 Å². The molecule has 0 aliphatic rings. The van der Waals surface area contributed by atoms with Gasteiger partial charge in [-0.2, -0.15) is 0 Å². The minimum absolute atomic E-state index is 0.406. The van der Waals surface area contributed by atoms with Crippen LogP contribution in [0.2, 0.25) is 0 Å². The molecule has 0 heterocycles. The van der Waals surface area contributed by atoms with Crippen molar-refractivity contribution in [2.24, 2.45) is 5.92 Å². The number of rotatable bonds is 7. The van der Waals surface area contributed by atoms with Gasteiger partial charge in [-0.05, 0) is 19.3 Å². The Hall–Kier alpha value is -0.790. The average molecular weight is 198 g/mol. The van der Waals surface area contributed by atoms with Crippen molar-refractivity contribution in [1.82, 2.24) is 0 Å². The quantitative estimate of drug-likeness (QED) is 0.501. The number of allylic oxidation sites excluding steroid dienone is 1. The number of carbonyl (C=O) groups is 1. The highest BCUT2D eigenvalue weighted by molar-refractivity contribution is 5.80. The molecule has 0 aromatic carbocycles. The van der Waals surface area contributed by atoms with E-state index in [1.807, 2.05) is 6.92 Å². The Morgan fingerprint density at radius 3 is 2.50 bits per heavy atom. The largest absolute Gasteiger partial charge is 0.478 e. The molecule has 0 bridgehead atoms. The number of aliphatic carboxylic acids is 1. The number of unbranched alkanes of at least 4 members (excludes halogenated alkanes) is 3. The van der Waals surface area contributed by atoms with Gasteiger partial charge in [-0.3, -0.25) is 0 Å². The maximum absolute atomic E-state index is 10.4. The Morgan fingerprint density at radius 1 is 1.36 bits per heavy atom. The van der Waals surface area contributed by atoms with Crippen LogP contribution in [0.5, 0.6) is 0 Å². The van der Waals surface area contributed by atoms with Gasteiger partial charge in [0.25, 0.3) is 0 Å². The van der Waals surface area contributed by atoms with Crippen molar-refractivity contribution in [3.63, 3.8) is 0 Å². The molecule has 14 heavy (non-hydrogen) atoms. The van der Waals surface area contributed by atoms with E-state index in [0.29, 0.717) is 5.92 Å². The SMILES string of the molecule is CCCCCCC(C)/C(C)=C/C(=O)O. The number of hydrogen-bond donors (Lipinski definition) is 1. The molecular formula is C12H22O2. The number of carboxylic acid groups (broad SMARTS) is 1. The van der Waals surface area contributed by atoms with Gasteiger partial charge in [-0.15, -0.1) is 0 Å². The third-order valence-corrected chi connectivity index (χ3v) is 2.62. The molecule has 2 nitrogen and oxygen atoms in total. The zero-order chi connectivity index (χ0) is 11.0. The molecular weight excluding hydrogens is 176 g/mol. The molecule has 0 aliphatic carbocycles. The van der Waals surface area contributed by atoms with Crippen LogP contribution < -0.4 is 0 Å². The van der Waals surface area contributed by atoms with E-state index in [4.69, 9.17) is 5.11 Å². The summed E-state index contributed by atoms with van der Waals surface area (Å²) in [5.41, 5.74) is 0.981. The van der Waals surface area contributed by atoms with E-state index in [9.17, 15) is 4.79 Å². The smallest absolute Gasteiger partial charge is 0.328 e. The van der Waals surface area contributed by atoms with Crippen molar-refractivity contribution in [2.75, 3.05) is 0 Å². The fourth-order valence-electron chi connectivity index (χ4n) is 1.44. The van der Waals surface area contributed by atoms with Crippen LogP contribution in [0.3, 0.4) is 0 Å². The van der Waals surface area contributed by atoms with Crippen LogP contribution >= 0.6 is 0 Å². The zero-order valence-electron chi connectivity index (χ0n) is 9.55. The van der Waals surface area contributed by atoms with Gasteiger partial charge in [0, 0.05) is 6.08 Å². The molecule has 2 heteroatoms. The highest BCUT2D eigenvalue weighted by atomic mass is 16.4. The third-order valence-electron chi connectivity index (χ3n) is 2.62. The van der Waals surface area contributed by atoms with Crippen LogP contribution in [0, 0.1) is 5.92 Å². The van der Waals surface area contributed by atoms with E-state index in [2.05, 4.69) is 13.8 Å². The molecule has 0 radical (unpaired) electrons. The monoisotopic (exact) mass is 198 g/mol. The van der Waals surface area contributed by atoms with Crippen molar-refractivity contribution < 1.29 is 9.90 Å². The molecule has 0 fully saturated rings. The molecule has 1 atom stereocenters. The summed E-state index contributed by atoms with van der Waals surface area (Å²) in [4.78, 5) is 10.4. The lowest BCUT2D eigenvalue weighted by atomic mass is 9.95. The second kappa shape index (κ2) is 7.60. The van der Waals surface area contributed by atoms with Gasteiger partial charge in [-0.25, -0.2) is 4.79 Å². The lowest BCUT2D eigenvalue weighted by Gasteiger charge is -2.10. The Kier molecular flexibility index (Phi) is 7.17. The second-order valence-corrected chi connectivity index (χ2v) is 3.98. The predicted octanol–water partition coefficient (Wildman–Crippen LogP) is 3.62. The van der Waals surface area contributed by atoms with E-state index in [1.54, 1.807) is 0 Å².